The van der Waals surface area contributed by atoms with Gasteiger partial charge in [0, 0.05) is 38.3 Å². The number of nitrogens with zero attached hydrogens (tertiary/aromatic N) is 3. The van der Waals surface area contributed by atoms with E-state index in [4.69, 9.17) is 4.74 Å². The zero-order valence-corrected chi connectivity index (χ0v) is 13.0. The lowest BCUT2D eigenvalue weighted by atomic mass is 10.1. The van der Waals surface area contributed by atoms with Crippen LogP contribution in [0.25, 0.3) is 0 Å². The number of nitro groups is 1. The number of anilines is 1. The van der Waals surface area contributed by atoms with Gasteiger partial charge in [-0.3, -0.25) is 15.0 Å². The van der Waals surface area contributed by atoms with E-state index in [0.717, 1.165) is 32.6 Å². The number of methoxy groups -OCH3 is 1. The molecule has 1 atom stereocenters. The molecule has 1 aromatic rings. The highest BCUT2D eigenvalue weighted by atomic mass is 16.6. The summed E-state index contributed by atoms with van der Waals surface area (Å²) in [4.78, 5) is 27.0. The van der Waals surface area contributed by atoms with Crippen LogP contribution in [0.5, 0.6) is 0 Å². The van der Waals surface area contributed by atoms with Gasteiger partial charge in [0.2, 0.25) is 0 Å². The molecule has 0 aliphatic carbocycles. The molecule has 7 nitrogen and oxygen atoms in total. The minimum Gasteiger partial charge on any atom is -0.465 e. The zero-order valence-electron chi connectivity index (χ0n) is 13.0. The molecule has 1 aromatic carbocycles. The largest absolute Gasteiger partial charge is 0.465 e. The number of hydrogen-bond acceptors (Lipinski definition) is 6. The van der Waals surface area contributed by atoms with Crippen LogP contribution >= 0.6 is 0 Å². The van der Waals surface area contributed by atoms with Crippen molar-refractivity contribution in [3.05, 3.63) is 46.0 Å². The average molecular weight is 317 g/mol. The number of benzene rings is 1. The lowest BCUT2D eigenvalue weighted by molar-refractivity contribution is -0.384. The van der Waals surface area contributed by atoms with Gasteiger partial charge >= 0.3 is 5.97 Å². The van der Waals surface area contributed by atoms with Gasteiger partial charge in [-0.25, -0.2) is 4.79 Å². The molecule has 0 spiro atoms. The third-order valence-electron chi connectivity index (χ3n) is 4.46. The van der Waals surface area contributed by atoms with Crippen LogP contribution in [0.15, 0.2) is 30.4 Å². The molecule has 0 saturated carbocycles. The summed E-state index contributed by atoms with van der Waals surface area (Å²) in [5, 5.41) is 11.3. The minimum atomic E-state index is -0.486. The fourth-order valence-corrected chi connectivity index (χ4v) is 3.23. The molecular weight excluding hydrogens is 298 g/mol. The minimum absolute atomic E-state index is 0.0258. The number of carbonyl (C=O) groups excluding carboxylic acids is 1. The van der Waals surface area contributed by atoms with E-state index in [2.05, 4.69) is 17.1 Å². The molecule has 0 amide bonds. The summed E-state index contributed by atoms with van der Waals surface area (Å²) in [6.07, 6.45) is 5.24. The van der Waals surface area contributed by atoms with Crippen molar-refractivity contribution in [2.75, 3.05) is 38.2 Å². The molecule has 0 bridgehead atoms. The second-order valence-corrected chi connectivity index (χ2v) is 5.77. The van der Waals surface area contributed by atoms with Crippen molar-refractivity contribution in [3.8, 4) is 0 Å². The summed E-state index contributed by atoms with van der Waals surface area (Å²) in [7, 11) is 1.30. The molecule has 0 aromatic heterocycles. The maximum absolute atomic E-state index is 11.7. The Morgan fingerprint density at radius 1 is 1.35 bits per heavy atom. The van der Waals surface area contributed by atoms with Gasteiger partial charge in [0.15, 0.2) is 0 Å². The summed E-state index contributed by atoms with van der Waals surface area (Å²) in [5.41, 5.74) is 0.852. The van der Waals surface area contributed by atoms with Gasteiger partial charge in [0.1, 0.15) is 5.69 Å². The molecule has 1 fully saturated rings. The second kappa shape index (κ2) is 6.37. The Labute approximate surface area is 134 Å². The second-order valence-electron chi connectivity index (χ2n) is 5.77. The molecular formula is C16H19N3O4. The first-order chi connectivity index (χ1) is 11.1. The molecule has 1 unspecified atom stereocenters. The maximum Gasteiger partial charge on any atom is 0.337 e. The number of esters is 1. The van der Waals surface area contributed by atoms with Crippen LogP contribution in [0, 0.1) is 10.1 Å². The molecule has 122 valence electrons. The SMILES string of the molecule is COC(=O)c1ccc([N+](=O)[O-])c(N2CCC(N3CC=CC3)C2)c1. The van der Waals surface area contributed by atoms with Gasteiger partial charge in [0.25, 0.3) is 5.69 Å². The Hall–Kier alpha value is -2.41. The number of rotatable bonds is 4. The van der Waals surface area contributed by atoms with Gasteiger partial charge in [-0.1, -0.05) is 12.2 Å². The predicted molar refractivity (Wildman–Crippen MR) is 85.8 cm³/mol. The van der Waals surface area contributed by atoms with Crippen molar-refractivity contribution in [1.29, 1.82) is 0 Å². The van der Waals surface area contributed by atoms with Crippen molar-refractivity contribution in [3.63, 3.8) is 0 Å². The van der Waals surface area contributed by atoms with Crippen molar-refractivity contribution < 1.29 is 14.5 Å². The Morgan fingerprint density at radius 3 is 2.74 bits per heavy atom. The fourth-order valence-electron chi connectivity index (χ4n) is 3.23. The topological polar surface area (TPSA) is 75.9 Å². The van der Waals surface area contributed by atoms with Crippen molar-refractivity contribution in [2.45, 2.75) is 12.5 Å². The summed E-state index contributed by atoms with van der Waals surface area (Å²) in [6.45, 7) is 3.34. The van der Waals surface area contributed by atoms with E-state index < -0.39 is 10.9 Å². The first-order valence-electron chi connectivity index (χ1n) is 7.61. The van der Waals surface area contributed by atoms with Crippen LogP contribution in [0.2, 0.25) is 0 Å². The predicted octanol–water partition coefficient (Wildman–Crippen LogP) is 1.83. The highest BCUT2D eigenvalue weighted by molar-refractivity contribution is 5.91. The molecule has 23 heavy (non-hydrogen) atoms. The number of carbonyl (C=O) groups is 1. The third kappa shape index (κ3) is 3.05. The zero-order chi connectivity index (χ0) is 16.4. The van der Waals surface area contributed by atoms with E-state index in [-0.39, 0.29) is 5.69 Å². The van der Waals surface area contributed by atoms with Crippen LogP contribution in [0.1, 0.15) is 16.8 Å². The van der Waals surface area contributed by atoms with Crippen molar-refractivity contribution in [1.82, 2.24) is 4.90 Å². The molecule has 7 heteroatoms. The van der Waals surface area contributed by atoms with Crippen molar-refractivity contribution >= 4 is 17.3 Å². The Bertz CT molecular complexity index is 651. The monoisotopic (exact) mass is 317 g/mol. The first kappa shape index (κ1) is 15.5. The quantitative estimate of drug-likeness (QED) is 0.365. The Morgan fingerprint density at radius 2 is 2.09 bits per heavy atom. The summed E-state index contributed by atoms with van der Waals surface area (Å²) >= 11 is 0. The van der Waals surface area contributed by atoms with Gasteiger partial charge in [-0.15, -0.1) is 0 Å². The van der Waals surface area contributed by atoms with E-state index >= 15 is 0 Å². The standard InChI is InChI=1S/C16H19N3O4/c1-23-16(20)12-4-5-14(19(21)22)15(10-12)18-9-6-13(11-18)17-7-2-3-8-17/h2-5,10,13H,6-9,11H2,1H3. The molecule has 0 N–H and O–H groups in total. The lowest BCUT2D eigenvalue weighted by Gasteiger charge is -2.24. The van der Waals surface area contributed by atoms with Crippen LogP contribution < -0.4 is 4.90 Å². The van der Waals surface area contributed by atoms with Crippen molar-refractivity contribution in [2.24, 2.45) is 0 Å². The molecule has 2 aliphatic heterocycles. The van der Waals surface area contributed by atoms with E-state index in [9.17, 15) is 14.9 Å². The Balaban J connectivity index is 1.85. The van der Waals surface area contributed by atoms with Gasteiger partial charge < -0.3 is 9.64 Å². The summed E-state index contributed by atoms with van der Waals surface area (Å²) < 4.78 is 4.71. The summed E-state index contributed by atoms with van der Waals surface area (Å²) in [5.74, 6) is -0.486. The van der Waals surface area contributed by atoms with Crippen LogP contribution in [0.4, 0.5) is 11.4 Å². The molecule has 1 saturated heterocycles. The van der Waals surface area contributed by atoms with Gasteiger partial charge in [-0.05, 0) is 18.6 Å². The van der Waals surface area contributed by atoms with Crippen LogP contribution in [-0.2, 0) is 4.74 Å². The highest BCUT2D eigenvalue weighted by Crippen LogP contribution is 2.33. The van der Waals surface area contributed by atoms with Crippen LogP contribution in [0.3, 0.4) is 0 Å². The van der Waals surface area contributed by atoms with E-state index in [1.54, 1.807) is 6.07 Å². The highest BCUT2D eigenvalue weighted by Gasteiger charge is 2.31. The van der Waals surface area contributed by atoms with E-state index in [1.807, 2.05) is 4.90 Å². The first-order valence-corrected chi connectivity index (χ1v) is 7.61. The van der Waals surface area contributed by atoms with E-state index in [0.29, 0.717) is 17.3 Å². The number of ether oxygens (including phenoxy) is 1. The lowest BCUT2D eigenvalue weighted by Crippen LogP contribution is -2.35. The molecule has 0 radical (unpaired) electrons. The molecule has 2 heterocycles. The third-order valence-corrected chi connectivity index (χ3v) is 4.46. The number of hydrogen-bond donors (Lipinski definition) is 0. The van der Waals surface area contributed by atoms with Crippen LogP contribution in [-0.4, -0.2) is 55.1 Å². The Kier molecular flexibility index (Phi) is 4.29. The summed E-state index contributed by atoms with van der Waals surface area (Å²) in [6, 6.07) is 4.76. The van der Waals surface area contributed by atoms with Gasteiger partial charge in [0.05, 0.1) is 17.6 Å². The molecule has 3 rings (SSSR count). The van der Waals surface area contributed by atoms with Gasteiger partial charge in [-0.2, -0.15) is 0 Å². The molecule has 2 aliphatic rings. The smallest absolute Gasteiger partial charge is 0.337 e. The fraction of sp³-hybridized carbons (Fsp3) is 0.438. The maximum atomic E-state index is 11.7. The normalized spacial score (nSPS) is 20.9. The number of nitro benzene ring substituents is 1. The average Bonchev–Trinajstić information content (AvgIpc) is 3.24. The van der Waals surface area contributed by atoms with E-state index in [1.165, 1.54) is 19.2 Å².